The quantitative estimate of drug-likeness (QED) is 0.375. The maximum atomic E-state index is 12.1. The molecular formula is C14H22CaNO6P. The first-order valence-electron chi connectivity index (χ1n) is 6.78. The van der Waals surface area contributed by atoms with E-state index >= 15 is 0 Å². The van der Waals surface area contributed by atoms with Gasteiger partial charge in [-0.25, -0.2) is 0 Å². The van der Waals surface area contributed by atoms with Crippen LogP contribution in [0.2, 0.25) is 0 Å². The van der Waals surface area contributed by atoms with Crippen molar-refractivity contribution in [2.45, 2.75) is 13.3 Å². The molecule has 1 amide bonds. The fourth-order valence-corrected chi connectivity index (χ4v) is 2.78. The fraction of sp³-hybridized carbons (Fsp3) is 0.429. The second-order valence-corrected chi connectivity index (χ2v) is 6.91. The predicted octanol–water partition coefficient (Wildman–Crippen LogP) is -0.0563. The number of amides is 1. The Hall–Kier alpha value is -0.430. The van der Waals surface area contributed by atoms with Crippen molar-refractivity contribution >= 4 is 57.2 Å². The van der Waals surface area contributed by atoms with E-state index in [0.29, 0.717) is 0 Å². The second kappa shape index (κ2) is 10.4. The molecule has 2 atom stereocenters. The number of hydrogen-bond acceptors (Lipinski definition) is 3. The molecule has 23 heavy (non-hydrogen) atoms. The topological polar surface area (TPSA) is 124 Å². The van der Waals surface area contributed by atoms with Crippen LogP contribution in [0, 0.1) is 11.8 Å². The van der Waals surface area contributed by atoms with Gasteiger partial charge in [0.15, 0.2) is 0 Å². The first-order valence-corrected chi connectivity index (χ1v) is 8.58. The van der Waals surface area contributed by atoms with Gasteiger partial charge >= 0.3 is 51.3 Å². The van der Waals surface area contributed by atoms with Gasteiger partial charge in [0.2, 0.25) is 5.91 Å². The van der Waals surface area contributed by atoms with E-state index in [0.717, 1.165) is 5.56 Å². The zero-order valence-corrected chi connectivity index (χ0v) is 13.1. The van der Waals surface area contributed by atoms with Crippen LogP contribution in [0.15, 0.2) is 30.3 Å². The Labute approximate surface area is 164 Å². The van der Waals surface area contributed by atoms with E-state index in [2.05, 4.69) is 5.32 Å². The van der Waals surface area contributed by atoms with Gasteiger partial charge in [-0.2, -0.15) is 0 Å². The van der Waals surface area contributed by atoms with Crippen LogP contribution >= 0.6 is 7.60 Å². The van der Waals surface area contributed by atoms with Gasteiger partial charge in [0.25, 0.3) is 0 Å². The van der Waals surface area contributed by atoms with E-state index in [9.17, 15) is 14.2 Å². The molecule has 7 nitrogen and oxygen atoms in total. The van der Waals surface area contributed by atoms with E-state index in [1.807, 2.05) is 0 Å². The molecule has 1 rings (SSSR count). The number of carbonyl (C=O) groups excluding carboxylic acids is 1. The molecule has 0 radical (unpaired) electrons. The number of rotatable bonds is 8. The van der Waals surface area contributed by atoms with Gasteiger partial charge in [-0.15, -0.1) is 0 Å². The van der Waals surface area contributed by atoms with Crippen LogP contribution in [0.3, 0.4) is 0 Å². The van der Waals surface area contributed by atoms with Crippen LogP contribution in [0.25, 0.3) is 0 Å². The molecular weight excluding hydrogens is 349 g/mol. The van der Waals surface area contributed by atoms with Gasteiger partial charge in [-0.05, 0) is 12.0 Å². The summed E-state index contributed by atoms with van der Waals surface area (Å²) in [6.07, 6.45) is -0.394. The number of benzene rings is 1. The molecule has 0 fully saturated rings. The molecule has 0 bridgehead atoms. The Morgan fingerprint density at radius 1 is 1.22 bits per heavy atom. The third-order valence-electron chi connectivity index (χ3n) is 3.16. The minimum atomic E-state index is -4.36. The minimum absolute atomic E-state index is 0. The number of carboxylic acids is 1. The molecule has 4 N–H and O–H groups in total. The normalized spacial score (nSPS) is 13.5. The van der Waals surface area contributed by atoms with Crippen LogP contribution in [-0.2, 0) is 20.6 Å². The SMILES string of the molecule is C[C@@H](CNC(=O)[C@H](Cc1ccccc1)CP(=O)(O)O)C(=O)O.[CaH2]. The molecule has 0 aliphatic rings. The van der Waals surface area contributed by atoms with Crippen molar-refractivity contribution in [2.24, 2.45) is 11.8 Å². The fourth-order valence-electron chi connectivity index (χ4n) is 1.91. The molecule has 0 spiro atoms. The van der Waals surface area contributed by atoms with Gasteiger partial charge in [-0.3, -0.25) is 14.2 Å². The van der Waals surface area contributed by atoms with Crippen LogP contribution in [0.1, 0.15) is 12.5 Å². The average Bonchev–Trinajstić information content (AvgIpc) is 2.43. The van der Waals surface area contributed by atoms with Crippen LogP contribution < -0.4 is 5.32 Å². The monoisotopic (exact) mass is 371 g/mol. The number of carbonyl (C=O) groups is 2. The summed E-state index contributed by atoms with van der Waals surface area (Å²) >= 11 is 0. The Morgan fingerprint density at radius 3 is 2.26 bits per heavy atom. The van der Waals surface area contributed by atoms with E-state index in [4.69, 9.17) is 14.9 Å². The standard InChI is InChI=1S/C14H20NO6P.Ca.2H/c1-10(14(17)18)8-15-13(16)12(9-22(19,20)21)7-11-5-3-2-4-6-11;;;/h2-6,10,12H,7-9H2,1H3,(H,15,16)(H,17,18)(H2,19,20,21);;;/t10-,12+;;;/m0.../s1. The Kier molecular flexibility index (Phi) is 10.2. The zero-order chi connectivity index (χ0) is 16.8. The van der Waals surface area contributed by atoms with Gasteiger partial charge in [-0.1, -0.05) is 37.3 Å². The second-order valence-electron chi connectivity index (χ2n) is 5.22. The van der Waals surface area contributed by atoms with Crippen LogP contribution in [0.4, 0.5) is 0 Å². The Bertz CT molecular complexity index is 562. The Balaban J connectivity index is 0.00000484. The van der Waals surface area contributed by atoms with Gasteiger partial charge in [0.1, 0.15) is 0 Å². The van der Waals surface area contributed by atoms with Crippen LogP contribution in [0.5, 0.6) is 0 Å². The van der Waals surface area contributed by atoms with Gasteiger partial charge < -0.3 is 20.2 Å². The number of aliphatic carboxylic acids is 1. The molecule has 0 aromatic heterocycles. The van der Waals surface area contributed by atoms with E-state index in [-0.39, 0.29) is 50.7 Å². The van der Waals surface area contributed by atoms with E-state index in [1.165, 1.54) is 6.92 Å². The summed E-state index contributed by atoms with van der Waals surface area (Å²) < 4.78 is 11.2. The summed E-state index contributed by atoms with van der Waals surface area (Å²) in [5.74, 6) is -3.28. The zero-order valence-electron chi connectivity index (χ0n) is 12.2. The summed E-state index contributed by atoms with van der Waals surface area (Å²) in [6.45, 7) is 1.36. The first kappa shape index (κ1) is 22.6. The average molecular weight is 371 g/mol. The van der Waals surface area contributed by atoms with E-state index in [1.54, 1.807) is 30.3 Å². The van der Waals surface area contributed by atoms with Gasteiger partial charge in [0.05, 0.1) is 18.0 Å². The summed E-state index contributed by atoms with van der Waals surface area (Å²) in [5, 5.41) is 11.2. The molecule has 0 saturated heterocycles. The van der Waals surface area contributed by atoms with Gasteiger partial charge in [0, 0.05) is 6.54 Å². The molecule has 0 heterocycles. The molecule has 1 aromatic rings. The van der Waals surface area contributed by atoms with Crippen LogP contribution in [-0.4, -0.2) is 77.2 Å². The summed E-state index contributed by atoms with van der Waals surface area (Å²) in [4.78, 5) is 41.1. The number of nitrogens with one attached hydrogen (secondary N) is 1. The van der Waals surface area contributed by atoms with Crippen molar-refractivity contribution in [1.82, 2.24) is 5.32 Å². The molecule has 0 saturated carbocycles. The molecule has 0 unspecified atom stereocenters. The number of hydrogen-bond donors (Lipinski definition) is 4. The molecule has 9 heteroatoms. The van der Waals surface area contributed by atoms with Crippen molar-refractivity contribution in [1.29, 1.82) is 0 Å². The first-order chi connectivity index (χ1) is 10.2. The molecule has 0 aliphatic carbocycles. The van der Waals surface area contributed by atoms with Crippen molar-refractivity contribution in [2.75, 3.05) is 12.7 Å². The summed E-state index contributed by atoms with van der Waals surface area (Å²) in [7, 11) is -4.36. The predicted molar refractivity (Wildman–Crippen MR) is 88.9 cm³/mol. The summed E-state index contributed by atoms with van der Waals surface area (Å²) in [6, 6.07) is 8.87. The molecule has 1 aromatic carbocycles. The maximum absolute atomic E-state index is 12.1. The molecule has 0 aliphatic heterocycles. The molecule has 126 valence electrons. The third-order valence-corrected chi connectivity index (χ3v) is 4.07. The number of carboxylic acid groups (broad SMARTS) is 1. The Morgan fingerprint density at radius 2 is 1.78 bits per heavy atom. The van der Waals surface area contributed by atoms with Crippen molar-refractivity contribution in [3.05, 3.63) is 35.9 Å². The van der Waals surface area contributed by atoms with Crippen molar-refractivity contribution < 1.29 is 29.0 Å². The third kappa shape index (κ3) is 9.45. The summed E-state index contributed by atoms with van der Waals surface area (Å²) in [5.41, 5.74) is 0.780. The van der Waals surface area contributed by atoms with Crippen molar-refractivity contribution in [3.8, 4) is 0 Å². The van der Waals surface area contributed by atoms with E-state index < -0.39 is 37.5 Å². The van der Waals surface area contributed by atoms with Crippen molar-refractivity contribution in [3.63, 3.8) is 0 Å².